The summed E-state index contributed by atoms with van der Waals surface area (Å²) in [4.78, 5) is 42.4. The molecule has 1 N–H and O–H groups in total. The molecular weight excluding hydrogens is 435 g/mol. The molecule has 2 aromatic rings. The Hall–Kier alpha value is -3.78. The highest BCUT2D eigenvalue weighted by molar-refractivity contribution is 5.77. The van der Waals surface area contributed by atoms with Crippen LogP contribution in [0.1, 0.15) is 6.92 Å². The van der Waals surface area contributed by atoms with Gasteiger partial charge >= 0.3 is 17.8 Å². The summed E-state index contributed by atoms with van der Waals surface area (Å²) in [7, 11) is 1.24. The number of hydrogen-bond donors (Lipinski definition) is 1. The molecule has 2 aromatic heterocycles. The molecule has 0 bridgehead atoms. The van der Waals surface area contributed by atoms with Crippen molar-refractivity contribution >= 4 is 23.1 Å². The van der Waals surface area contributed by atoms with Crippen LogP contribution in [0.2, 0.25) is 0 Å². The number of halogens is 3. The van der Waals surface area contributed by atoms with E-state index in [1.54, 1.807) is 6.92 Å². The fourth-order valence-electron chi connectivity index (χ4n) is 3.29. The third kappa shape index (κ3) is 4.04. The first-order valence-electron chi connectivity index (χ1n) is 9.33. The number of nitrogens with zero attached hydrogens (tertiary/aromatic N) is 6. The van der Waals surface area contributed by atoms with Crippen LogP contribution in [-0.4, -0.2) is 56.7 Å². The predicted octanol–water partition coefficient (Wildman–Crippen LogP) is -0.715. The Kier molecular flexibility index (Phi) is 6.27. The van der Waals surface area contributed by atoms with Gasteiger partial charge in [0.05, 0.1) is 19.2 Å². The zero-order valence-electron chi connectivity index (χ0n) is 17.1. The minimum Gasteiger partial charge on any atom is -0.433 e. The van der Waals surface area contributed by atoms with Gasteiger partial charge in [-0.25, -0.2) is 9.59 Å². The van der Waals surface area contributed by atoms with E-state index in [0.717, 1.165) is 9.13 Å². The number of imidazole rings is 1. The molecule has 1 saturated heterocycles. The van der Waals surface area contributed by atoms with Gasteiger partial charge in [-0.2, -0.15) is 23.4 Å². The number of fused-ring (bicyclic) bond motifs is 1. The highest BCUT2D eigenvalue weighted by Gasteiger charge is 2.44. The number of rotatable bonds is 4. The van der Waals surface area contributed by atoms with Gasteiger partial charge in [0.25, 0.3) is 5.56 Å². The lowest BCUT2D eigenvalue weighted by atomic mass is 10.3. The van der Waals surface area contributed by atoms with Crippen molar-refractivity contribution in [3.05, 3.63) is 20.8 Å². The maximum atomic E-state index is 12.9. The first kappa shape index (κ1) is 22.9. The van der Waals surface area contributed by atoms with Crippen molar-refractivity contribution in [1.82, 2.24) is 24.0 Å². The molecule has 3 heterocycles. The van der Waals surface area contributed by atoms with Crippen LogP contribution in [0.3, 0.4) is 0 Å². The fraction of sp³-hybridized carbons (Fsp3) is 0.500. The Morgan fingerprint density at radius 1 is 1.31 bits per heavy atom. The summed E-state index contributed by atoms with van der Waals surface area (Å²) < 4.78 is 46.0. The Morgan fingerprint density at radius 3 is 2.66 bits per heavy atom. The average Bonchev–Trinajstić information content (AvgIpc) is 3.12. The normalized spacial score (nSPS) is 16.4. The fourth-order valence-corrected chi connectivity index (χ4v) is 3.29. The highest BCUT2D eigenvalue weighted by Crippen LogP contribution is 2.25. The molecule has 170 valence electrons. The van der Waals surface area contributed by atoms with Gasteiger partial charge in [0, 0.05) is 20.1 Å². The number of carbonyl (C=O) groups is 1. The van der Waals surface area contributed by atoms with E-state index in [-0.39, 0.29) is 36.7 Å². The SMILES string of the molecule is CC#CCn1c(N2CCNCC2OC(=O)C(F)(F)F)nc2c1c(=O)n(C)c(=O)n2CC#N. The van der Waals surface area contributed by atoms with Crippen molar-refractivity contribution in [2.24, 2.45) is 7.05 Å². The van der Waals surface area contributed by atoms with Crippen LogP contribution in [0, 0.1) is 23.2 Å². The number of anilines is 1. The standard InChI is InChI=1S/C18H18F3N7O4/c1-3-4-7-27-12-13(28(8-5-22)17(31)25(2)14(12)29)24-16(27)26-9-6-23-10-11(26)32-15(30)18(19,20)21/h11,23H,6-10H2,1-2H3. The van der Waals surface area contributed by atoms with Crippen LogP contribution in [0.4, 0.5) is 19.1 Å². The number of nitrogens with one attached hydrogen (secondary N) is 1. The van der Waals surface area contributed by atoms with Crippen molar-refractivity contribution in [2.45, 2.75) is 32.4 Å². The molecule has 1 aliphatic heterocycles. The van der Waals surface area contributed by atoms with Crippen molar-refractivity contribution < 1.29 is 22.7 Å². The molecule has 0 aliphatic carbocycles. The average molecular weight is 453 g/mol. The van der Waals surface area contributed by atoms with Crippen LogP contribution in [0.15, 0.2) is 9.59 Å². The van der Waals surface area contributed by atoms with Crippen LogP contribution in [-0.2, 0) is 29.7 Å². The Bertz CT molecular complexity index is 1270. The second kappa shape index (κ2) is 8.76. The smallest absolute Gasteiger partial charge is 0.433 e. The van der Waals surface area contributed by atoms with Gasteiger partial charge in [-0.3, -0.25) is 18.5 Å². The third-order valence-electron chi connectivity index (χ3n) is 4.78. The maximum absolute atomic E-state index is 12.9. The second-order valence-electron chi connectivity index (χ2n) is 6.74. The molecule has 14 heteroatoms. The van der Waals surface area contributed by atoms with E-state index < -0.39 is 36.2 Å². The summed E-state index contributed by atoms with van der Waals surface area (Å²) in [5.74, 6) is 3.03. The minimum atomic E-state index is -5.19. The molecule has 0 saturated carbocycles. The first-order chi connectivity index (χ1) is 15.1. The van der Waals surface area contributed by atoms with Crippen molar-refractivity contribution in [3.8, 4) is 17.9 Å². The largest absolute Gasteiger partial charge is 0.491 e. The Balaban J connectivity index is 2.25. The molecule has 11 nitrogen and oxygen atoms in total. The summed E-state index contributed by atoms with van der Waals surface area (Å²) in [5.41, 5.74) is -1.66. The second-order valence-corrected chi connectivity index (χ2v) is 6.74. The number of ether oxygens (including phenoxy) is 1. The van der Waals surface area contributed by atoms with Gasteiger partial charge in [-0.15, -0.1) is 5.92 Å². The first-order valence-corrected chi connectivity index (χ1v) is 9.33. The van der Waals surface area contributed by atoms with Crippen LogP contribution in [0.5, 0.6) is 0 Å². The molecular formula is C18H18F3N7O4. The van der Waals surface area contributed by atoms with Gasteiger partial charge in [0.1, 0.15) is 6.54 Å². The van der Waals surface area contributed by atoms with Gasteiger partial charge in [0.2, 0.25) is 5.95 Å². The molecule has 0 amide bonds. The quantitative estimate of drug-likeness (QED) is 0.475. The van der Waals surface area contributed by atoms with Gasteiger partial charge < -0.3 is 15.0 Å². The monoisotopic (exact) mass is 453 g/mol. The molecule has 1 fully saturated rings. The lowest BCUT2D eigenvalue weighted by molar-refractivity contribution is -0.205. The molecule has 1 atom stereocenters. The molecule has 1 aliphatic rings. The predicted molar refractivity (Wildman–Crippen MR) is 104 cm³/mol. The van der Waals surface area contributed by atoms with E-state index in [9.17, 15) is 27.6 Å². The Morgan fingerprint density at radius 2 is 2.03 bits per heavy atom. The summed E-state index contributed by atoms with van der Waals surface area (Å²) in [6.45, 7) is 1.35. The zero-order valence-corrected chi connectivity index (χ0v) is 17.1. The van der Waals surface area contributed by atoms with Crippen LogP contribution < -0.4 is 21.5 Å². The van der Waals surface area contributed by atoms with Crippen molar-refractivity contribution in [1.29, 1.82) is 5.26 Å². The van der Waals surface area contributed by atoms with Crippen molar-refractivity contribution in [3.63, 3.8) is 0 Å². The lowest BCUT2D eigenvalue weighted by Gasteiger charge is -2.36. The van der Waals surface area contributed by atoms with Gasteiger partial charge in [-0.1, -0.05) is 5.92 Å². The molecule has 3 rings (SSSR count). The lowest BCUT2D eigenvalue weighted by Crippen LogP contribution is -2.55. The summed E-state index contributed by atoms with van der Waals surface area (Å²) in [5, 5.41) is 11.9. The van der Waals surface area contributed by atoms with E-state index in [1.807, 2.05) is 6.07 Å². The molecule has 0 radical (unpaired) electrons. The molecule has 0 aromatic carbocycles. The van der Waals surface area contributed by atoms with E-state index in [2.05, 4.69) is 26.9 Å². The topological polar surface area (TPSA) is 127 Å². The number of esters is 1. The van der Waals surface area contributed by atoms with Crippen LogP contribution >= 0.6 is 0 Å². The number of alkyl halides is 3. The zero-order chi connectivity index (χ0) is 23.6. The van der Waals surface area contributed by atoms with E-state index in [0.29, 0.717) is 6.54 Å². The van der Waals surface area contributed by atoms with Crippen molar-refractivity contribution in [2.75, 3.05) is 24.5 Å². The Labute approximate surface area is 178 Å². The number of aromatic nitrogens is 4. The third-order valence-corrected chi connectivity index (χ3v) is 4.78. The maximum Gasteiger partial charge on any atom is 0.491 e. The number of piperazine rings is 1. The summed E-state index contributed by atoms with van der Waals surface area (Å²) in [6, 6.07) is 1.82. The minimum absolute atomic E-state index is 0.0152. The van der Waals surface area contributed by atoms with Crippen LogP contribution in [0.25, 0.3) is 11.2 Å². The van der Waals surface area contributed by atoms with E-state index in [1.165, 1.54) is 16.5 Å². The van der Waals surface area contributed by atoms with E-state index >= 15 is 0 Å². The summed E-state index contributed by atoms with van der Waals surface area (Å²) in [6.07, 6.45) is -6.58. The number of hydrogen-bond acceptors (Lipinski definition) is 8. The highest BCUT2D eigenvalue weighted by atomic mass is 19.4. The van der Waals surface area contributed by atoms with Gasteiger partial charge in [-0.05, 0) is 6.92 Å². The molecule has 0 spiro atoms. The summed E-state index contributed by atoms with van der Waals surface area (Å²) >= 11 is 0. The molecule has 1 unspecified atom stereocenters. The number of carbonyl (C=O) groups excluding carboxylic acids is 1. The molecule has 32 heavy (non-hydrogen) atoms. The van der Waals surface area contributed by atoms with E-state index in [4.69, 9.17) is 5.26 Å². The number of nitriles is 1. The van der Waals surface area contributed by atoms with Gasteiger partial charge in [0.15, 0.2) is 17.4 Å².